The zero-order valence-electron chi connectivity index (χ0n) is 15.1. The number of fused-ring (bicyclic) bond motifs is 1. The second kappa shape index (κ2) is 7.05. The molecule has 2 atom stereocenters. The lowest BCUT2D eigenvalue weighted by Crippen LogP contribution is -2.60. The van der Waals surface area contributed by atoms with E-state index in [4.69, 9.17) is 0 Å². The molecular weight excluding hydrogens is 342 g/mol. The number of hydrogen-bond acceptors (Lipinski definition) is 6. The third kappa shape index (κ3) is 3.88. The molecule has 0 N–H and O–H groups in total. The standard InChI is InChI=1S/C16H27N5O3S/c1-4-19-6-5-17-15(19)9-20-7-8-21(10-16(22)18(2)3)14-12-25(23,24)11-13(14)20/h5-6,13-14H,4,7-12H2,1-3H3/t13-,14+/m0/s1. The quantitative estimate of drug-likeness (QED) is 0.681. The molecule has 2 saturated heterocycles. The number of aryl methyl sites for hydroxylation is 1. The highest BCUT2D eigenvalue weighted by Crippen LogP contribution is 2.28. The van der Waals surface area contributed by atoms with Gasteiger partial charge in [-0.25, -0.2) is 13.4 Å². The SMILES string of the molecule is CCn1ccnc1CN1CCN(CC(=O)N(C)C)[C@@H]2CS(=O)(=O)C[C@@H]21. The maximum Gasteiger partial charge on any atom is 0.236 e. The van der Waals surface area contributed by atoms with Gasteiger partial charge in [0.25, 0.3) is 0 Å². The maximum absolute atomic E-state index is 12.3. The summed E-state index contributed by atoms with van der Waals surface area (Å²) in [6.07, 6.45) is 3.73. The van der Waals surface area contributed by atoms with Crippen molar-refractivity contribution in [1.82, 2.24) is 24.3 Å². The fourth-order valence-corrected chi connectivity index (χ4v) is 5.81. The first-order valence-electron chi connectivity index (χ1n) is 8.69. The number of rotatable bonds is 5. The van der Waals surface area contributed by atoms with E-state index < -0.39 is 9.84 Å². The number of likely N-dealkylation sites (N-methyl/N-ethyl adjacent to an activating group) is 1. The van der Waals surface area contributed by atoms with Gasteiger partial charge in [0, 0.05) is 58.2 Å². The molecule has 1 aromatic rings. The Kier molecular flexibility index (Phi) is 5.17. The van der Waals surface area contributed by atoms with Gasteiger partial charge in [-0.3, -0.25) is 14.6 Å². The Morgan fingerprint density at radius 2 is 1.88 bits per heavy atom. The van der Waals surface area contributed by atoms with E-state index in [1.807, 2.05) is 11.1 Å². The van der Waals surface area contributed by atoms with Crippen LogP contribution in [0.25, 0.3) is 0 Å². The van der Waals surface area contributed by atoms with E-state index in [0.717, 1.165) is 18.9 Å². The molecule has 2 fully saturated rings. The van der Waals surface area contributed by atoms with Crippen molar-refractivity contribution in [2.24, 2.45) is 0 Å². The molecule has 0 spiro atoms. The van der Waals surface area contributed by atoms with Crippen molar-refractivity contribution in [3.8, 4) is 0 Å². The number of nitrogens with zero attached hydrogens (tertiary/aromatic N) is 5. The van der Waals surface area contributed by atoms with Gasteiger partial charge in [0.2, 0.25) is 5.91 Å². The maximum atomic E-state index is 12.3. The fourth-order valence-electron chi connectivity index (χ4n) is 3.77. The van der Waals surface area contributed by atoms with Crippen LogP contribution in [0, 0.1) is 0 Å². The third-order valence-corrected chi connectivity index (χ3v) is 6.93. The highest BCUT2D eigenvalue weighted by Gasteiger charge is 2.47. The van der Waals surface area contributed by atoms with Crippen LogP contribution >= 0.6 is 0 Å². The summed E-state index contributed by atoms with van der Waals surface area (Å²) < 4.78 is 26.6. The Bertz CT molecular complexity index is 730. The van der Waals surface area contributed by atoms with E-state index in [9.17, 15) is 13.2 Å². The lowest BCUT2D eigenvalue weighted by Gasteiger charge is -2.43. The summed E-state index contributed by atoms with van der Waals surface area (Å²) in [5.41, 5.74) is 0. The summed E-state index contributed by atoms with van der Waals surface area (Å²) in [5, 5.41) is 0. The minimum Gasteiger partial charge on any atom is -0.348 e. The van der Waals surface area contributed by atoms with Gasteiger partial charge in [-0.1, -0.05) is 0 Å². The predicted octanol–water partition coefficient (Wildman–Crippen LogP) is -0.726. The Morgan fingerprint density at radius 1 is 1.24 bits per heavy atom. The van der Waals surface area contributed by atoms with Crippen LogP contribution in [0.5, 0.6) is 0 Å². The molecule has 0 aromatic carbocycles. The second-order valence-electron chi connectivity index (χ2n) is 7.07. The number of sulfone groups is 1. The van der Waals surface area contributed by atoms with E-state index >= 15 is 0 Å². The van der Waals surface area contributed by atoms with Crippen LogP contribution in [0.3, 0.4) is 0 Å². The summed E-state index contributed by atoms with van der Waals surface area (Å²) in [6, 6.07) is -0.191. The predicted molar refractivity (Wildman–Crippen MR) is 94.8 cm³/mol. The summed E-state index contributed by atoms with van der Waals surface area (Å²) in [4.78, 5) is 22.3. The van der Waals surface area contributed by atoms with Crippen molar-refractivity contribution < 1.29 is 13.2 Å². The van der Waals surface area contributed by atoms with Crippen molar-refractivity contribution in [2.45, 2.75) is 32.1 Å². The molecule has 1 amide bonds. The lowest BCUT2D eigenvalue weighted by molar-refractivity contribution is -0.131. The summed E-state index contributed by atoms with van der Waals surface area (Å²) >= 11 is 0. The van der Waals surface area contributed by atoms with Gasteiger partial charge in [-0.15, -0.1) is 0 Å². The average molecular weight is 369 g/mol. The highest BCUT2D eigenvalue weighted by molar-refractivity contribution is 7.91. The molecule has 1 aromatic heterocycles. The topological polar surface area (TPSA) is 78.8 Å². The zero-order valence-corrected chi connectivity index (χ0v) is 15.9. The number of amides is 1. The molecule has 0 aliphatic carbocycles. The molecule has 0 unspecified atom stereocenters. The van der Waals surface area contributed by atoms with E-state index in [2.05, 4.69) is 21.4 Å². The number of hydrogen-bond donors (Lipinski definition) is 0. The first-order chi connectivity index (χ1) is 11.8. The van der Waals surface area contributed by atoms with Crippen molar-refractivity contribution in [1.29, 1.82) is 0 Å². The number of piperazine rings is 1. The molecule has 140 valence electrons. The smallest absolute Gasteiger partial charge is 0.236 e. The van der Waals surface area contributed by atoms with Crippen molar-refractivity contribution in [3.05, 3.63) is 18.2 Å². The van der Waals surface area contributed by atoms with Crippen LogP contribution in [-0.2, 0) is 27.7 Å². The van der Waals surface area contributed by atoms with Crippen LogP contribution in [0.1, 0.15) is 12.7 Å². The largest absolute Gasteiger partial charge is 0.348 e. The minimum absolute atomic E-state index is 0.0121. The van der Waals surface area contributed by atoms with Crippen LogP contribution < -0.4 is 0 Å². The van der Waals surface area contributed by atoms with Crippen molar-refractivity contribution >= 4 is 15.7 Å². The van der Waals surface area contributed by atoms with Gasteiger partial charge < -0.3 is 9.47 Å². The Balaban J connectivity index is 1.77. The summed E-state index contributed by atoms with van der Waals surface area (Å²) in [6.45, 7) is 5.28. The fraction of sp³-hybridized carbons (Fsp3) is 0.750. The third-order valence-electron chi connectivity index (χ3n) is 5.23. The van der Waals surface area contributed by atoms with Gasteiger partial charge in [-0.05, 0) is 6.92 Å². The summed E-state index contributed by atoms with van der Waals surface area (Å²) in [7, 11) is 0.376. The van der Waals surface area contributed by atoms with Crippen molar-refractivity contribution in [2.75, 3.05) is 45.2 Å². The monoisotopic (exact) mass is 369 g/mol. The van der Waals surface area contributed by atoms with Crippen molar-refractivity contribution in [3.63, 3.8) is 0 Å². The van der Waals surface area contributed by atoms with E-state index in [1.165, 1.54) is 0 Å². The first kappa shape index (κ1) is 18.3. The molecule has 9 heteroatoms. The van der Waals surface area contributed by atoms with Crippen LogP contribution in [-0.4, -0.2) is 95.9 Å². The Morgan fingerprint density at radius 3 is 2.52 bits per heavy atom. The number of carbonyl (C=O) groups excluding carboxylic acids is 1. The zero-order chi connectivity index (χ0) is 18.2. The van der Waals surface area contributed by atoms with Crippen LogP contribution in [0.15, 0.2) is 12.4 Å². The van der Waals surface area contributed by atoms with E-state index in [1.54, 1.807) is 25.2 Å². The van der Waals surface area contributed by atoms with E-state index in [-0.39, 0.29) is 36.0 Å². The number of imidazole rings is 1. The molecule has 25 heavy (non-hydrogen) atoms. The molecular formula is C16H27N5O3S. The highest BCUT2D eigenvalue weighted by atomic mass is 32.2. The van der Waals surface area contributed by atoms with E-state index in [0.29, 0.717) is 13.1 Å². The number of aromatic nitrogens is 2. The molecule has 0 radical (unpaired) electrons. The van der Waals surface area contributed by atoms with Crippen LogP contribution in [0.2, 0.25) is 0 Å². The second-order valence-corrected chi connectivity index (χ2v) is 9.22. The minimum atomic E-state index is -3.08. The van der Waals surface area contributed by atoms with Gasteiger partial charge in [0.15, 0.2) is 9.84 Å². The average Bonchev–Trinajstić information content (AvgIpc) is 3.12. The molecule has 3 rings (SSSR count). The molecule has 0 bridgehead atoms. The number of carbonyl (C=O) groups is 1. The van der Waals surface area contributed by atoms with Crippen LogP contribution in [0.4, 0.5) is 0 Å². The normalized spacial score (nSPS) is 26.5. The molecule has 8 nitrogen and oxygen atoms in total. The van der Waals surface area contributed by atoms with Gasteiger partial charge >= 0.3 is 0 Å². The summed E-state index contributed by atoms with van der Waals surface area (Å²) in [5.74, 6) is 1.27. The van der Waals surface area contributed by atoms with Gasteiger partial charge in [0.05, 0.1) is 24.6 Å². The first-order valence-corrected chi connectivity index (χ1v) is 10.5. The van der Waals surface area contributed by atoms with Gasteiger partial charge in [0.1, 0.15) is 5.82 Å². The lowest BCUT2D eigenvalue weighted by atomic mass is 10.0. The molecule has 2 aliphatic heterocycles. The van der Waals surface area contributed by atoms with Gasteiger partial charge in [-0.2, -0.15) is 0 Å². The molecule has 3 heterocycles. The molecule has 0 saturated carbocycles. The molecule has 2 aliphatic rings. The Labute approximate surface area is 149 Å². The Hall–Kier alpha value is -1.45.